The molecule has 0 heterocycles. The molecule has 11 nitrogen and oxygen atoms in total. The van der Waals surface area contributed by atoms with E-state index in [1.54, 1.807) is 0 Å². The van der Waals surface area contributed by atoms with Gasteiger partial charge in [0.25, 0.3) is 0 Å². The van der Waals surface area contributed by atoms with E-state index in [0.717, 1.165) is 19.3 Å². The molecule has 216 valence electrons. The van der Waals surface area contributed by atoms with E-state index in [1.807, 2.05) is 0 Å². The summed E-state index contributed by atoms with van der Waals surface area (Å²) in [6.45, 7) is 1.18. The van der Waals surface area contributed by atoms with Gasteiger partial charge in [-0.05, 0) is 19.8 Å². The zero-order valence-corrected chi connectivity index (χ0v) is 22.5. The number of anilines is 1. The van der Waals surface area contributed by atoms with Crippen LogP contribution in [-0.4, -0.2) is 59.7 Å². The minimum atomic E-state index is -5.11. The molecule has 6 N–H and O–H groups in total. The van der Waals surface area contributed by atoms with Gasteiger partial charge in [-0.25, -0.2) is 35.1 Å². The molecule has 0 spiro atoms. The molecule has 1 aromatic carbocycles. The van der Waals surface area contributed by atoms with Crippen molar-refractivity contribution in [1.29, 1.82) is 0 Å². The van der Waals surface area contributed by atoms with Crippen LogP contribution in [0, 0.1) is 17.5 Å². The van der Waals surface area contributed by atoms with Crippen molar-refractivity contribution in [2.45, 2.75) is 80.2 Å². The van der Waals surface area contributed by atoms with Crippen LogP contribution in [0.5, 0.6) is 0 Å². The lowest BCUT2D eigenvalue weighted by Gasteiger charge is -2.25. The summed E-state index contributed by atoms with van der Waals surface area (Å²) in [5, 5.41) is 9.80. The third kappa shape index (κ3) is 8.54. The van der Waals surface area contributed by atoms with Crippen molar-refractivity contribution in [3.05, 3.63) is 17.5 Å². The second kappa shape index (κ2) is 13.6. The first-order valence-corrected chi connectivity index (χ1v) is 15.3. The van der Waals surface area contributed by atoms with Crippen molar-refractivity contribution in [1.82, 2.24) is 5.32 Å². The second-order valence-electron chi connectivity index (χ2n) is 9.04. The number of hydrogen-bond donors (Lipinski definition) is 4. The number of primary amides is 1. The van der Waals surface area contributed by atoms with Gasteiger partial charge in [-0.1, -0.05) is 32.1 Å². The highest BCUT2D eigenvalue weighted by molar-refractivity contribution is 7.91. The van der Waals surface area contributed by atoms with Gasteiger partial charge in [-0.3, -0.25) is 9.59 Å². The van der Waals surface area contributed by atoms with Gasteiger partial charge < -0.3 is 21.1 Å². The van der Waals surface area contributed by atoms with E-state index in [0.29, 0.717) is 25.7 Å². The van der Waals surface area contributed by atoms with Crippen molar-refractivity contribution < 1.29 is 44.3 Å². The third-order valence-corrected chi connectivity index (χ3v) is 8.75. The Bertz CT molecular complexity index is 1240. The summed E-state index contributed by atoms with van der Waals surface area (Å²) in [6, 6.07) is -0.539. The molecule has 0 bridgehead atoms. The first-order chi connectivity index (χ1) is 17.7. The number of nitrogens with two attached hydrogens (primary N) is 2. The van der Waals surface area contributed by atoms with Gasteiger partial charge in [0.2, 0.25) is 21.8 Å². The third-order valence-electron chi connectivity index (χ3n) is 6.08. The van der Waals surface area contributed by atoms with Gasteiger partial charge >= 0.3 is 0 Å². The Kier molecular flexibility index (Phi) is 11.4. The molecule has 1 aromatic rings. The highest BCUT2D eigenvalue weighted by Crippen LogP contribution is 2.37. The van der Waals surface area contributed by atoms with E-state index >= 15 is 8.78 Å². The second-order valence-corrected chi connectivity index (χ2v) is 12.6. The molecule has 1 saturated carbocycles. The monoisotopic (exact) mass is 586 g/mol. The molecule has 2 rings (SSSR count). The smallest absolute Gasteiger partial charge is 0.246 e. The number of carbonyl (C=O) groups excluding carboxylic acids is 2. The molecule has 0 saturated heterocycles. The van der Waals surface area contributed by atoms with Gasteiger partial charge in [0.1, 0.15) is 11.0 Å². The van der Waals surface area contributed by atoms with Gasteiger partial charge in [0, 0.05) is 19.0 Å². The average Bonchev–Trinajstić information content (AvgIpc) is 2.79. The maximum atomic E-state index is 15.3. The molecule has 0 radical (unpaired) electrons. The number of ether oxygens (including phenoxy) is 1. The first-order valence-electron chi connectivity index (χ1n) is 12.1. The molecule has 0 aliphatic heterocycles. The van der Waals surface area contributed by atoms with Crippen molar-refractivity contribution in [3.8, 4) is 0 Å². The maximum Gasteiger partial charge on any atom is 0.246 e. The van der Waals surface area contributed by atoms with Crippen LogP contribution in [0.1, 0.15) is 58.3 Å². The molecule has 2 amide bonds. The fourth-order valence-electron chi connectivity index (χ4n) is 4.02. The maximum absolute atomic E-state index is 15.3. The molecular formula is C22H33F3N4O7S2. The number of nitrogens with one attached hydrogen (secondary N) is 2. The van der Waals surface area contributed by atoms with Crippen molar-refractivity contribution >= 4 is 37.4 Å². The largest absolute Gasteiger partial charge is 0.379 e. The number of sulfonamides is 1. The average molecular weight is 587 g/mol. The van der Waals surface area contributed by atoms with Crippen LogP contribution in [0.25, 0.3) is 0 Å². The minimum absolute atomic E-state index is 0.105. The Morgan fingerprint density at radius 1 is 0.974 bits per heavy atom. The zero-order valence-electron chi connectivity index (χ0n) is 20.9. The van der Waals surface area contributed by atoms with E-state index in [1.165, 1.54) is 6.92 Å². The van der Waals surface area contributed by atoms with E-state index in [4.69, 9.17) is 15.6 Å². The number of rotatable bonds is 12. The molecular weight excluding hydrogens is 553 g/mol. The van der Waals surface area contributed by atoms with Gasteiger partial charge in [-0.2, -0.15) is 0 Å². The van der Waals surface area contributed by atoms with Gasteiger partial charge in [0.15, 0.2) is 32.2 Å². The van der Waals surface area contributed by atoms with Crippen molar-refractivity contribution in [3.63, 3.8) is 0 Å². The lowest BCUT2D eigenvalue weighted by Crippen LogP contribution is -2.33. The Hall–Kier alpha value is -2.43. The summed E-state index contributed by atoms with van der Waals surface area (Å²) in [6.07, 6.45) is 3.43. The molecule has 16 heteroatoms. The van der Waals surface area contributed by atoms with Crippen molar-refractivity contribution in [2.75, 3.05) is 24.2 Å². The first kappa shape index (κ1) is 31.8. The predicted octanol–water partition coefficient (Wildman–Crippen LogP) is 1.45. The van der Waals surface area contributed by atoms with E-state index in [-0.39, 0.29) is 13.2 Å². The van der Waals surface area contributed by atoms with Gasteiger partial charge in [-0.15, -0.1) is 0 Å². The molecule has 1 aliphatic carbocycles. The molecule has 1 atom stereocenters. The zero-order chi connectivity index (χ0) is 28.7. The lowest BCUT2D eigenvalue weighted by molar-refractivity contribution is -0.128. The molecule has 1 unspecified atom stereocenters. The number of sulfone groups is 1. The summed E-state index contributed by atoms with van der Waals surface area (Å²) >= 11 is 0. The fraction of sp³-hybridized carbons (Fsp3) is 0.636. The number of benzene rings is 1. The Morgan fingerprint density at radius 2 is 1.53 bits per heavy atom. The molecule has 1 aliphatic rings. The van der Waals surface area contributed by atoms with Crippen molar-refractivity contribution in [2.24, 2.45) is 10.9 Å². The van der Waals surface area contributed by atoms with Crippen LogP contribution in [0.2, 0.25) is 0 Å². The van der Waals surface area contributed by atoms with Crippen LogP contribution >= 0.6 is 0 Å². The van der Waals surface area contributed by atoms with Crippen LogP contribution in [0.4, 0.5) is 18.9 Å². The quantitative estimate of drug-likeness (QED) is 0.209. The van der Waals surface area contributed by atoms with E-state index < -0.39 is 88.9 Å². The van der Waals surface area contributed by atoms with Crippen LogP contribution < -0.4 is 21.5 Å². The van der Waals surface area contributed by atoms with E-state index in [2.05, 4.69) is 10.6 Å². The number of hydrogen-bond acceptors (Lipinski definition) is 8. The summed E-state index contributed by atoms with van der Waals surface area (Å²) < 4.78 is 99.9. The van der Waals surface area contributed by atoms with Gasteiger partial charge in [0.05, 0.1) is 18.0 Å². The minimum Gasteiger partial charge on any atom is -0.379 e. The summed E-state index contributed by atoms with van der Waals surface area (Å²) in [5.41, 5.74) is 4.00. The predicted molar refractivity (Wildman–Crippen MR) is 132 cm³/mol. The Labute approximate surface area is 219 Å². The highest BCUT2D eigenvalue weighted by atomic mass is 32.2. The molecule has 0 aromatic heterocycles. The summed E-state index contributed by atoms with van der Waals surface area (Å²) in [5.74, 6) is -8.80. The SMILES string of the molecule is CC(OCCNC(=O)CCS(=O)(=O)c1c(F)c(F)c(S(N)(=O)=O)c(F)c1NC1CCCCCCC1)C(N)=O. The highest BCUT2D eigenvalue weighted by Gasteiger charge is 2.37. The standard InChI is InChI=1S/C22H33F3N4O7S2/c1-13(22(26)31)36-11-10-28-15(30)9-12-37(32,33)21-17(24)16(23)20(38(27,34)35)18(25)19(21)29-14-7-5-3-2-4-6-8-14/h13-14,29H,2-12H2,1H3,(H2,26,31)(H,28,30)(H2,27,34,35). The Morgan fingerprint density at radius 3 is 2.08 bits per heavy atom. The van der Waals surface area contributed by atoms with Crippen LogP contribution in [-0.2, 0) is 34.2 Å². The Balaban J connectivity index is 2.33. The van der Waals surface area contributed by atoms with E-state index in [9.17, 15) is 30.8 Å². The summed E-state index contributed by atoms with van der Waals surface area (Å²) in [7, 11) is -9.96. The lowest BCUT2D eigenvalue weighted by atomic mass is 9.96. The number of primary sulfonamides is 1. The summed E-state index contributed by atoms with van der Waals surface area (Å²) in [4.78, 5) is 19.8. The number of amides is 2. The number of halogens is 3. The topological polar surface area (TPSA) is 188 Å². The van der Waals surface area contributed by atoms with Crippen LogP contribution in [0.3, 0.4) is 0 Å². The fourth-order valence-corrected chi connectivity index (χ4v) is 6.19. The normalized spacial score (nSPS) is 16.3. The van der Waals surface area contributed by atoms with Crippen LogP contribution in [0.15, 0.2) is 9.79 Å². The molecule has 1 fully saturated rings. The molecule has 38 heavy (non-hydrogen) atoms. The number of carbonyl (C=O) groups is 2.